The van der Waals surface area contributed by atoms with Crippen LogP contribution in [0.1, 0.15) is 16.7 Å². The zero-order valence-electron chi connectivity index (χ0n) is 20.6. The van der Waals surface area contributed by atoms with Crippen molar-refractivity contribution in [2.45, 2.75) is 26.3 Å². The second-order valence-electron chi connectivity index (χ2n) is 9.43. The first kappa shape index (κ1) is 25.0. The van der Waals surface area contributed by atoms with E-state index in [1.165, 1.54) is 17.7 Å². The van der Waals surface area contributed by atoms with Crippen LogP contribution in [0.3, 0.4) is 0 Å². The number of aryl methyl sites for hydroxylation is 1. The van der Waals surface area contributed by atoms with Gasteiger partial charge in [0.05, 0.1) is 6.54 Å². The van der Waals surface area contributed by atoms with Crippen LogP contribution in [0, 0.1) is 6.92 Å². The van der Waals surface area contributed by atoms with Gasteiger partial charge in [0.25, 0.3) is 0 Å². The lowest BCUT2D eigenvalue weighted by Crippen LogP contribution is -2.47. The van der Waals surface area contributed by atoms with Gasteiger partial charge in [0.2, 0.25) is 0 Å². The van der Waals surface area contributed by atoms with Crippen molar-refractivity contribution < 1.29 is 23.0 Å². The van der Waals surface area contributed by atoms with Crippen LogP contribution in [-0.4, -0.2) is 58.6 Å². The van der Waals surface area contributed by atoms with Crippen molar-refractivity contribution in [3.05, 3.63) is 83.8 Å². The highest BCUT2D eigenvalue weighted by Gasteiger charge is 2.31. The molecule has 3 heterocycles. The summed E-state index contributed by atoms with van der Waals surface area (Å²) >= 11 is 0. The SMILES string of the molecule is Cc1cc(N2CCN(CCc3ccncc3)CC2)cc2cn(Cc3ccc(OC(F)(F)F)cc3)c(O)c12. The standard InChI is InChI=1S/C28H29F3N4O2/c1-20-16-24(34-14-12-33(13-15-34)11-8-21-6-9-32-10-7-21)17-23-19-35(27(36)26(20)23)18-22-2-4-25(5-3-22)37-28(29,30)31/h2-7,9-10,16-17,19,36H,8,11-15,18H2,1H3. The van der Waals surface area contributed by atoms with E-state index in [1.54, 1.807) is 16.7 Å². The molecule has 1 saturated heterocycles. The molecular weight excluding hydrogens is 481 g/mol. The number of halogens is 3. The summed E-state index contributed by atoms with van der Waals surface area (Å²) in [5, 5.41) is 12.6. The van der Waals surface area contributed by atoms with Crippen molar-refractivity contribution in [1.82, 2.24) is 14.5 Å². The molecule has 0 aliphatic carbocycles. The van der Waals surface area contributed by atoms with Gasteiger partial charge in [-0.25, -0.2) is 0 Å². The van der Waals surface area contributed by atoms with Crippen LogP contribution >= 0.6 is 0 Å². The van der Waals surface area contributed by atoms with Crippen LogP contribution in [0.4, 0.5) is 18.9 Å². The zero-order valence-corrected chi connectivity index (χ0v) is 20.6. The minimum atomic E-state index is -4.72. The molecule has 1 aliphatic rings. The Morgan fingerprint density at radius 3 is 2.32 bits per heavy atom. The molecule has 0 amide bonds. The van der Waals surface area contributed by atoms with Crippen LogP contribution in [0.25, 0.3) is 10.8 Å². The summed E-state index contributed by atoms with van der Waals surface area (Å²) < 4.78 is 42.9. The normalized spacial score (nSPS) is 14.9. The summed E-state index contributed by atoms with van der Waals surface area (Å²) in [6.07, 6.45) is 1.85. The maximum Gasteiger partial charge on any atom is 0.573 e. The number of alkyl halides is 3. The summed E-state index contributed by atoms with van der Waals surface area (Å²) in [5.41, 5.74) is 4.17. The second-order valence-corrected chi connectivity index (χ2v) is 9.43. The fraction of sp³-hybridized carbons (Fsp3) is 0.321. The molecule has 2 aromatic carbocycles. The number of nitrogens with zero attached hydrogens (tertiary/aromatic N) is 4. The number of rotatable bonds is 7. The lowest BCUT2D eigenvalue weighted by Gasteiger charge is -2.36. The summed E-state index contributed by atoms with van der Waals surface area (Å²) in [4.78, 5) is 8.94. The average molecular weight is 511 g/mol. The highest BCUT2D eigenvalue weighted by atomic mass is 19.4. The molecule has 0 spiro atoms. The Bertz CT molecular complexity index is 1350. The van der Waals surface area contributed by atoms with Crippen LogP contribution in [0.2, 0.25) is 0 Å². The molecule has 0 atom stereocenters. The van der Waals surface area contributed by atoms with Gasteiger partial charge >= 0.3 is 6.36 Å². The molecule has 9 heteroatoms. The van der Waals surface area contributed by atoms with E-state index in [0.29, 0.717) is 6.54 Å². The van der Waals surface area contributed by atoms with Gasteiger partial charge in [-0.05, 0) is 66.4 Å². The van der Waals surface area contributed by atoms with Crippen LogP contribution < -0.4 is 9.64 Å². The van der Waals surface area contributed by atoms with E-state index in [2.05, 4.69) is 43.8 Å². The third kappa shape index (κ3) is 5.99. The number of benzene rings is 2. The van der Waals surface area contributed by atoms with Crippen molar-refractivity contribution in [2.24, 2.45) is 0 Å². The Labute approximate surface area is 213 Å². The molecule has 4 aromatic rings. The van der Waals surface area contributed by atoms with Crippen molar-refractivity contribution in [1.29, 1.82) is 0 Å². The summed E-state index contributed by atoms with van der Waals surface area (Å²) in [7, 11) is 0. The topological polar surface area (TPSA) is 53.8 Å². The summed E-state index contributed by atoms with van der Waals surface area (Å²) in [6, 6.07) is 14.0. The van der Waals surface area contributed by atoms with E-state index >= 15 is 0 Å². The number of aromatic hydroxyl groups is 1. The molecule has 0 radical (unpaired) electrons. The van der Waals surface area contributed by atoms with Gasteiger partial charge < -0.3 is 19.3 Å². The van der Waals surface area contributed by atoms with Crippen LogP contribution in [0.15, 0.2) is 67.1 Å². The zero-order chi connectivity index (χ0) is 26.0. The van der Waals surface area contributed by atoms with Gasteiger partial charge in [0.15, 0.2) is 5.88 Å². The number of hydrogen-bond acceptors (Lipinski definition) is 5. The minimum absolute atomic E-state index is 0.149. The van der Waals surface area contributed by atoms with Crippen LogP contribution in [0.5, 0.6) is 11.6 Å². The number of hydrogen-bond donors (Lipinski definition) is 1. The predicted octanol–water partition coefficient (Wildman–Crippen LogP) is 5.36. The fourth-order valence-electron chi connectivity index (χ4n) is 4.94. The van der Waals surface area contributed by atoms with E-state index in [4.69, 9.17) is 0 Å². The van der Waals surface area contributed by atoms with Gasteiger partial charge in [-0.15, -0.1) is 13.2 Å². The Balaban J connectivity index is 1.25. The third-order valence-electron chi connectivity index (χ3n) is 6.85. The number of aromatic nitrogens is 2. The van der Waals surface area contributed by atoms with Crippen molar-refractivity contribution in [2.75, 3.05) is 37.6 Å². The van der Waals surface area contributed by atoms with Gasteiger partial charge in [-0.1, -0.05) is 12.1 Å². The first-order valence-electron chi connectivity index (χ1n) is 12.3. The van der Waals surface area contributed by atoms with Gasteiger partial charge in [-0.2, -0.15) is 0 Å². The highest BCUT2D eigenvalue weighted by molar-refractivity contribution is 5.93. The van der Waals surface area contributed by atoms with Crippen molar-refractivity contribution in [3.63, 3.8) is 0 Å². The maximum absolute atomic E-state index is 12.4. The first-order valence-corrected chi connectivity index (χ1v) is 12.3. The van der Waals surface area contributed by atoms with E-state index in [-0.39, 0.29) is 11.6 Å². The largest absolute Gasteiger partial charge is 0.573 e. The number of fused-ring (bicyclic) bond motifs is 1. The van der Waals surface area contributed by atoms with Crippen molar-refractivity contribution >= 4 is 16.5 Å². The smallest absolute Gasteiger partial charge is 0.494 e. The lowest BCUT2D eigenvalue weighted by atomic mass is 10.1. The third-order valence-corrected chi connectivity index (χ3v) is 6.85. The summed E-state index contributed by atoms with van der Waals surface area (Å²) in [5.74, 6) is -0.119. The number of ether oxygens (including phenoxy) is 1. The molecule has 0 bridgehead atoms. The summed E-state index contributed by atoms with van der Waals surface area (Å²) in [6.45, 7) is 7.18. The molecule has 6 nitrogen and oxygen atoms in total. The monoisotopic (exact) mass is 510 g/mol. The Kier molecular flexibility index (Phi) is 6.97. The van der Waals surface area contributed by atoms with E-state index in [9.17, 15) is 18.3 Å². The molecule has 0 saturated carbocycles. The van der Waals surface area contributed by atoms with Gasteiger partial charge in [0.1, 0.15) is 5.75 Å². The van der Waals surface area contributed by atoms with E-state index in [0.717, 1.165) is 66.7 Å². The second kappa shape index (κ2) is 10.3. The molecule has 1 N–H and O–H groups in total. The molecule has 5 rings (SSSR count). The molecule has 0 unspecified atom stereocenters. The predicted molar refractivity (Wildman–Crippen MR) is 137 cm³/mol. The first-order chi connectivity index (χ1) is 17.7. The number of anilines is 1. The lowest BCUT2D eigenvalue weighted by molar-refractivity contribution is -0.274. The number of pyridine rings is 1. The number of piperazine rings is 1. The molecule has 194 valence electrons. The highest BCUT2D eigenvalue weighted by Crippen LogP contribution is 2.35. The van der Waals surface area contributed by atoms with Gasteiger partial charge in [0, 0.05) is 67.8 Å². The Hall–Kier alpha value is -3.72. The van der Waals surface area contributed by atoms with E-state index in [1.807, 2.05) is 25.5 Å². The van der Waals surface area contributed by atoms with Crippen molar-refractivity contribution in [3.8, 4) is 11.6 Å². The fourth-order valence-corrected chi connectivity index (χ4v) is 4.94. The molecule has 1 aliphatic heterocycles. The molecule has 1 fully saturated rings. The Morgan fingerprint density at radius 2 is 1.65 bits per heavy atom. The molecular formula is C28H29F3N4O2. The van der Waals surface area contributed by atoms with Gasteiger partial charge in [-0.3, -0.25) is 9.88 Å². The molecule has 37 heavy (non-hydrogen) atoms. The van der Waals surface area contributed by atoms with Crippen LogP contribution in [-0.2, 0) is 13.0 Å². The average Bonchev–Trinajstić information content (AvgIpc) is 3.19. The maximum atomic E-state index is 12.4. The quantitative estimate of drug-likeness (QED) is 0.363. The minimum Gasteiger partial charge on any atom is -0.494 e. The Morgan fingerprint density at radius 1 is 0.946 bits per heavy atom. The van der Waals surface area contributed by atoms with E-state index < -0.39 is 6.36 Å². The molecule has 2 aromatic heterocycles.